The van der Waals surface area contributed by atoms with Gasteiger partial charge >= 0.3 is 12.2 Å². The van der Waals surface area contributed by atoms with E-state index in [0.717, 1.165) is 28.2 Å². The fourth-order valence-corrected chi connectivity index (χ4v) is 5.44. The molecule has 0 aliphatic carbocycles. The quantitative estimate of drug-likeness (QED) is 0.113. The van der Waals surface area contributed by atoms with Gasteiger partial charge in [0.1, 0.15) is 11.5 Å². The minimum atomic E-state index is -4.65. The van der Waals surface area contributed by atoms with Crippen LogP contribution in [0, 0.1) is 0 Å². The van der Waals surface area contributed by atoms with Crippen LogP contribution in [0.5, 0.6) is 11.5 Å². The average molecular weight is 654 g/mol. The van der Waals surface area contributed by atoms with E-state index >= 15 is 0 Å². The number of urea groups is 1. The first-order valence-electron chi connectivity index (χ1n) is 15.5. The number of anilines is 1. The SMILES string of the molecule is CC(C)NC(=O)Nc1ccc2cc(-c3ccc(Oc4ccc(-c5cc6ccc(C(=O)NC(C)C)cc6[nH]5)c(C(F)(F)F)c4)cc3)[nH]c2c1. The Bertz CT molecular complexity index is 2130. The number of fused-ring (bicyclic) bond motifs is 2. The highest BCUT2D eigenvalue weighted by Crippen LogP contribution is 2.41. The first-order valence-corrected chi connectivity index (χ1v) is 15.5. The van der Waals surface area contributed by atoms with E-state index in [1.54, 1.807) is 36.4 Å². The molecule has 0 aliphatic heterocycles. The van der Waals surface area contributed by atoms with Crippen LogP contribution in [0.3, 0.4) is 0 Å². The highest BCUT2D eigenvalue weighted by Gasteiger charge is 2.35. The monoisotopic (exact) mass is 653 g/mol. The number of nitrogens with one attached hydrogen (secondary N) is 5. The maximum atomic E-state index is 14.3. The summed E-state index contributed by atoms with van der Waals surface area (Å²) in [6, 6.07) is 24.7. The minimum absolute atomic E-state index is 0.00968. The van der Waals surface area contributed by atoms with Crippen LogP contribution >= 0.6 is 0 Å². The van der Waals surface area contributed by atoms with Crippen molar-refractivity contribution < 1.29 is 27.5 Å². The van der Waals surface area contributed by atoms with Gasteiger partial charge in [-0.15, -0.1) is 0 Å². The summed E-state index contributed by atoms with van der Waals surface area (Å²) in [5.74, 6) is 0.150. The van der Waals surface area contributed by atoms with E-state index in [1.807, 2.05) is 64.1 Å². The maximum absolute atomic E-state index is 14.3. The Balaban J connectivity index is 1.21. The van der Waals surface area contributed by atoms with Crippen LogP contribution in [-0.2, 0) is 6.18 Å². The smallest absolute Gasteiger partial charge is 0.417 e. The Kier molecular flexibility index (Phi) is 8.61. The fourth-order valence-electron chi connectivity index (χ4n) is 5.44. The zero-order valence-corrected chi connectivity index (χ0v) is 26.7. The van der Waals surface area contributed by atoms with Gasteiger partial charge < -0.3 is 30.7 Å². The van der Waals surface area contributed by atoms with Crippen molar-refractivity contribution in [3.05, 3.63) is 102 Å². The van der Waals surface area contributed by atoms with Crippen molar-refractivity contribution in [1.29, 1.82) is 0 Å². The molecule has 48 heavy (non-hydrogen) atoms. The summed E-state index contributed by atoms with van der Waals surface area (Å²) in [6.45, 7) is 7.46. The lowest BCUT2D eigenvalue weighted by Gasteiger charge is -2.14. The number of amides is 3. The van der Waals surface area contributed by atoms with Crippen molar-refractivity contribution in [2.45, 2.75) is 46.0 Å². The third kappa shape index (κ3) is 7.15. The summed E-state index contributed by atoms with van der Waals surface area (Å²) in [4.78, 5) is 30.9. The predicted molar refractivity (Wildman–Crippen MR) is 182 cm³/mol. The summed E-state index contributed by atoms with van der Waals surface area (Å²) in [5.41, 5.74) is 3.50. The summed E-state index contributed by atoms with van der Waals surface area (Å²) in [7, 11) is 0. The number of H-pyrrole nitrogens is 2. The van der Waals surface area contributed by atoms with Crippen molar-refractivity contribution in [2.75, 3.05) is 5.32 Å². The molecule has 0 bridgehead atoms. The standard InChI is InChI=1S/C37H34F3N5O3/c1-20(2)41-35(46)25-6-5-23-16-34(45-32(23)17-25)29-14-13-28(19-30(29)37(38,39)40)48-27-11-8-22(9-12-27)31-15-24-7-10-26(18-33(24)44-31)43-36(47)42-21(3)4/h5-21,44-45H,1-4H3,(H,41,46)(H2,42,43,47). The second-order valence-corrected chi connectivity index (χ2v) is 12.2. The minimum Gasteiger partial charge on any atom is -0.457 e. The molecule has 246 valence electrons. The maximum Gasteiger partial charge on any atom is 0.417 e. The molecule has 0 saturated carbocycles. The highest BCUT2D eigenvalue weighted by atomic mass is 19.4. The lowest BCUT2D eigenvalue weighted by atomic mass is 10.0. The summed E-state index contributed by atoms with van der Waals surface area (Å²) < 4.78 is 48.8. The Morgan fingerprint density at radius 3 is 2.00 bits per heavy atom. The van der Waals surface area contributed by atoms with E-state index in [1.165, 1.54) is 12.1 Å². The van der Waals surface area contributed by atoms with Gasteiger partial charge in [0.15, 0.2) is 0 Å². The third-order valence-corrected chi connectivity index (χ3v) is 7.59. The molecule has 0 atom stereocenters. The summed E-state index contributed by atoms with van der Waals surface area (Å²) in [5, 5.41) is 10.0. The lowest BCUT2D eigenvalue weighted by molar-refractivity contribution is -0.137. The van der Waals surface area contributed by atoms with Gasteiger partial charge in [0, 0.05) is 62.1 Å². The van der Waals surface area contributed by atoms with Crippen molar-refractivity contribution in [2.24, 2.45) is 0 Å². The van der Waals surface area contributed by atoms with Crippen molar-refractivity contribution >= 4 is 39.4 Å². The molecular formula is C37H34F3N5O3. The number of aromatic amines is 2. The molecule has 8 nitrogen and oxygen atoms in total. The second kappa shape index (κ2) is 12.8. The highest BCUT2D eigenvalue weighted by molar-refractivity contribution is 5.99. The Morgan fingerprint density at radius 2 is 1.31 bits per heavy atom. The normalized spacial score (nSPS) is 11.8. The number of alkyl halides is 3. The number of benzene rings is 4. The molecule has 2 aromatic heterocycles. The van der Waals surface area contributed by atoms with Gasteiger partial charge in [0.25, 0.3) is 5.91 Å². The molecule has 0 radical (unpaired) electrons. The van der Waals surface area contributed by atoms with E-state index in [-0.39, 0.29) is 41.0 Å². The van der Waals surface area contributed by atoms with E-state index in [0.29, 0.717) is 27.9 Å². The van der Waals surface area contributed by atoms with Gasteiger partial charge in [0.05, 0.1) is 5.56 Å². The number of hydrogen-bond acceptors (Lipinski definition) is 3. The van der Waals surface area contributed by atoms with Crippen LogP contribution < -0.4 is 20.7 Å². The Morgan fingerprint density at radius 1 is 0.688 bits per heavy atom. The topological polar surface area (TPSA) is 111 Å². The molecule has 5 N–H and O–H groups in total. The van der Waals surface area contributed by atoms with E-state index < -0.39 is 11.7 Å². The molecular weight excluding hydrogens is 619 g/mol. The van der Waals surface area contributed by atoms with Gasteiger partial charge in [-0.05, 0) is 112 Å². The molecule has 0 aliphatic rings. The number of carbonyl (C=O) groups is 2. The molecule has 0 fully saturated rings. The molecule has 4 aromatic carbocycles. The van der Waals surface area contributed by atoms with Gasteiger partial charge in [-0.3, -0.25) is 4.79 Å². The third-order valence-electron chi connectivity index (χ3n) is 7.59. The van der Waals surface area contributed by atoms with Gasteiger partial charge in [-0.1, -0.05) is 12.1 Å². The molecule has 0 saturated heterocycles. The zero-order valence-electron chi connectivity index (χ0n) is 26.7. The molecule has 2 heterocycles. The molecule has 11 heteroatoms. The second-order valence-electron chi connectivity index (χ2n) is 12.2. The zero-order chi connectivity index (χ0) is 34.2. The van der Waals surface area contributed by atoms with E-state index in [9.17, 15) is 22.8 Å². The average Bonchev–Trinajstić information content (AvgIpc) is 3.64. The van der Waals surface area contributed by atoms with Gasteiger partial charge in [-0.2, -0.15) is 13.2 Å². The van der Waals surface area contributed by atoms with Gasteiger partial charge in [0.2, 0.25) is 0 Å². The molecule has 0 spiro atoms. The predicted octanol–water partition coefficient (Wildman–Crippen LogP) is 9.46. The molecule has 3 amide bonds. The van der Waals surface area contributed by atoms with Crippen LogP contribution in [0.15, 0.2) is 91.0 Å². The number of ether oxygens (including phenoxy) is 1. The fraction of sp³-hybridized carbons (Fsp3) is 0.189. The van der Waals surface area contributed by atoms with Crippen LogP contribution in [0.25, 0.3) is 44.3 Å². The van der Waals surface area contributed by atoms with Crippen LogP contribution in [0.4, 0.5) is 23.7 Å². The molecule has 0 unspecified atom stereocenters. The van der Waals surface area contributed by atoms with Crippen molar-refractivity contribution in [1.82, 2.24) is 20.6 Å². The Hall–Kier alpha value is -5.71. The number of halogens is 3. The number of aromatic nitrogens is 2. The summed E-state index contributed by atoms with van der Waals surface area (Å²) >= 11 is 0. The lowest BCUT2D eigenvalue weighted by Crippen LogP contribution is -2.34. The van der Waals surface area contributed by atoms with Crippen molar-refractivity contribution in [3.8, 4) is 34.0 Å². The number of carbonyl (C=O) groups excluding carboxylic acids is 2. The van der Waals surface area contributed by atoms with E-state index in [4.69, 9.17) is 4.74 Å². The van der Waals surface area contributed by atoms with Gasteiger partial charge in [-0.25, -0.2) is 4.79 Å². The Labute approximate surface area is 274 Å². The number of rotatable bonds is 8. The largest absolute Gasteiger partial charge is 0.457 e. The first-order chi connectivity index (χ1) is 22.8. The van der Waals surface area contributed by atoms with Crippen LogP contribution in [-0.4, -0.2) is 34.0 Å². The summed E-state index contributed by atoms with van der Waals surface area (Å²) in [6.07, 6.45) is -4.65. The molecule has 6 aromatic rings. The van der Waals surface area contributed by atoms with Crippen molar-refractivity contribution in [3.63, 3.8) is 0 Å². The number of hydrogen-bond donors (Lipinski definition) is 5. The van der Waals surface area contributed by atoms with Crippen LogP contribution in [0.2, 0.25) is 0 Å². The van der Waals surface area contributed by atoms with E-state index in [2.05, 4.69) is 25.9 Å². The first kappa shape index (κ1) is 32.2. The molecule has 6 rings (SSSR count). The van der Waals surface area contributed by atoms with Crippen LogP contribution in [0.1, 0.15) is 43.6 Å².